The molecule has 0 atom stereocenters. The SMILES string of the molecule is CC(=O)CCCc1ccc(F)cc1Br. The minimum absolute atomic E-state index is 0.197. The Morgan fingerprint density at radius 3 is 2.79 bits per heavy atom. The molecule has 0 fully saturated rings. The van der Waals surface area contributed by atoms with Crippen LogP contribution in [0.15, 0.2) is 22.7 Å². The van der Waals surface area contributed by atoms with Gasteiger partial charge >= 0.3 is 0 Å². The van der Waals surface area contributed by atoms with Gasteiger partial charge in [0.15, 0.2) is 0 Å². The third kappa shape index (κ3) is 3.58. The summed E-state index contributed by atoms with van der Waals surface area (Å²) in [7, 11) is 0. The highest BCUT2D eigenvalue weighted by Gasteiger charge is 2.02. The smallest absolute Gasteiger partial charge is 0.129 e. The fraction of sp³-hybridized carbons (Fsp3) is 0.364. The predicted molar refractivity (Wildman–Crippen MR) is 57.7 cm³/mol. The summed E-state index contributed by atoms with van der Waals surface area (Å²) >= 11 is 3.29. The maximum atomic E-state index is 12.7. The van der Waals surface area contributed by atoms with E-state index >= 15 is 0 Å². The fourth-order valence-electron chi connectivity index (χ4n) is 1.25. The van der Waals surface area contributed by atoms with Crippen molar-refractivity contribution < 1.29 is 9.18 Å². The molecule has 0 aliphatic heterocycles. The van der Waals surface area contributed by atoms with Crippen LogP contribution in [0.4, 0.5) is 4.39 Å². The summed E-state index contributed by atoms with van der Waals surface area (Å²) in [6, 6.07) is 4.64. The molecule has 0 spiro atoms. The lowest BCUT2D eigenvalue weighted by molar-refractivity contribution is -0.117. The summed E-state index contributed by atoms with van der Waals surface area (Å²) in [5, 5.41) is 0. The number of carbonyl (C=O) groups is 1. The highest BCUT2D eigenvalue weighted by atomic mass is 79.9. The summed E-state index contributed by atoms with van der Waals surface area (Å²) in [6.45, 7) is 1.58. The summed E-state index contributed by atoms with van der Waals surface area (Å²) in [5.74, 6) is -0.0459. The van der Waals surface area contributed by atoms with E-state index in [0.717, 1.165) is 22.9 Å². The Balaban J connectivity index is 2.55. The van der Waals surface area contributed by atoms with Crippen LogP contribution in [-0.2, 0) is 11.2 Å². The van der Waals surface area contributed by atoms with Gasteiger partial charge in [0.1, 0.15) is 11.6 Å². The van der Waals surface area contributed by atoms with Crippen LogP contribution in [0.25, 0.3) is 0 Å². The van der Waals surface area contributed by atoms with E-state index in [1.54, 1.807) is 13.0 Å². The minimum atomic E-state index is -0.243. The minimum Gasteiger partial charge on any atom is -0.300 e. The zero-order valence-corrected chi connectivity index (χ0v) is 9.60. The molecular formula is C11H12BrFO. The standard InChI is InChI=1S/C11H12BrFO/c1-8(14)3-2-4-9-5-6-10(13)7-11(9)12/h5-7H,2-4H2,1H3. The Hall–Kier alpha value is -0.700. The number of Topliss-reactive ketones (excluding diaryl/α,β-unsaturated/α-hetero) is 1. The molecule has 0 aliphatic carbocycles. The zero-order chi connectivity index (χ0) is 10.6. The topological polar surface area (TPSA) is 17.1 Å². The monoisotopic (exact) mass is 258 g/mol. The first-order valence-corrected chi connectivity index (χ1v) is 5.32. The number of hydrogen-bond acceptors (Lipinski definition) is 1. The quantitative estimate of drug-likeness (QED) is 0.808. The number of benzene rings is 1. The Morgan fingerprint density at radius 2 is 2.21 bits per heavy atom. The maximum absolute atomic E-state index is 12.7. The lowest BCUT2D eigenvalue weighted by Gasteiger charge is -2.03. The Kier molecular flexibility index (Phi) is 4.26. The number of ketones is 1. The number of rotatable bonds is 4. The van der Waals surface area contributed by atoms with Crippen LogP contribution in [0.2, 0.25) is 0 Å². The number of halogens is 2. The van der Waals surface area contributed by atoms with Gasteiger partial charge < -0.3 is 4.79 Å². The first-order chi connectivity index (χ1) is 6.59. The van der Waals surface area contributed by atoms with Gasteiger partial charge in [0.25, 0.3) is 0 Å². The molecule has 0 aliphatic rings. The number of aryl methyl sites for hydroxylation is 1. The molecule has 76 valence electrons. The average Bonchev–Trinajstić information content (AvgIpc) is 2.08. The summed E-state index contributed by atoms with van der Waals surface area (Å²) in [5.41, 5.74) is 1.05. The molecule has 3 heteroatoms. The van der Waals surface area contributed by atoms with Crippen molar-refractivity contribution in [3.05, 3.63) is 34.1 Å². The van der Waals surface area contributed by atoms with Gasteiger partial charge in [-0.2, -0.15) is 0 Å². The van der Waals surface area contributed by atoms with Crippen molar-refractivity contribution in [2.24, 2.45) is 0 Å². The molecule has 0 saturated heterocycles. The maximum Gasteiger partial charge on any atom is 0.129 e. The second kappa shape index (κ2) is 5.25. The molecule has 1 nitrogen and oxygen atoms in total. The van der Waals surface area contributed by atoms with Gasteiger partial charge in [-0.15, -0.1) is 0 Å². The van der Waals surface area contributed by atoms with Crippen molar-refractivity contribution in [3.8, 4) is 0 Å². The molecule has 14 heavy (non-hydrogen) atoms. The lowest BCUT2D eigenvalue weighted by Crippen LogP contribution is -1.93. The Bertz CT molecular complexity index is 336. The van der Waals surface area contributed by atoms with Gasteiger partial charge in [0, 0.05) is 10.9 Å². The summed E-state index contributed by atoms with van der Waals surface area (Å²) in [4.78, 5) is 10.7. The van der Waals surface area contributed by atoms with Crippen molar-refractivity contribution in [3.63, 3.8) is 0 Å². The largest absolute Gasteiger partial charge is 0.300 e. The predicted octanol–water partition coefficient (Wildman–Crippen LogP) is 3.50. The van der Waals surface area contributed by atoms with Gasteiger partial charge in [-0.25, -0.2) is 4.39 Å². The third-order valence-corrected chi connectivity index (χ3v) is 2.73. The molecule has 0 bridgehead atoms. The van der Waals surface area contributed by atoms with Crippen molar-refractivity contribution in [2.75, 3.05) is 0 Å². The van der Waals surface area contributed by atoms with E-state index in [0.29, 0.717) is 6.42 Å². The van der Waals surface area contributed by atoms with Crippen molar-refractivity contribution in [2.45, 2.75) is 26.2 Å². The molecule has 0 aromatic heterocycles. The summed E-state index contributed by atoms with van der Waals surface area (Å²) < 4.78 is 13.5. The van der Waals surface area contributed by atoms with E-state index in [1.807, 2.05) is 0 Å². The van der Waals surface area contributed by atoms with E-state index < -0.39 is 0 Å². The second-order valence-corrected chi connectivity index (χ2v) is 4.15. The van der Waals surface area contributed by atoms with E-state index in [1.165, 1.54) is 12.1 Å². The zero-order valence-electron chi connectivity index (χ0n) is 8.02. The van der Waals surface area contributed by atoms with Crippen LogP contribution in [0.1, 0.15) is 25.3 Å². The molecule has 1 aromatic rings. The van der Waals surface area contributed by atoms with E-state index in [-0.39, 0.29) is 11.6 Å². The molecule has 0 N–H and O–H groups in total. The first kappa shape index (κ1) is 11.4. The van der Waals surface area contributed by atoms with Crippen LogP contribution < -0.4 is 0 Å². The second-order valence-electron chi connectivity index (χ2n) is 3.29. The van der Waals surface area contributed by atoms with Gasteiger partial charge in [0.05, 0.1) is 0 Å². The van der Waals surface area contributed by atoms with E-state index in [2.05, 4.69) is 15.9 Å². The van der Waals surface area contributed by atoms with Crippen LogP contribution in [0.5, 0.6) is 0 Å². The van der Waals surface area contributed by atoms with Gasteiger partial charge in [0.2, 0.25) is 0 Å². The molecule has 0 unspecified atom stereocenters. The molecule has 0 amide bonds. The van der Waals surface area contributed by atoms with Gasteiger partial charge in [-0.1, -0.05) is 22.0 Å². The Labute approximate surface area is 91.5 Å². The van der Waals surface area contributed by atoms with Crippen LogP contribution in [0.3, 0.4) is 0 Å². The third-order valence-electron chi connectivity index (χ3n) is 1.99. The van der Waals surface area contributed by atoms with Crippen LogP contribution in [-0.4, -0.2) is 5.78 Å². The average molecular weight is 259 g/mol. The molecule has 0 radical (unpaired) electrons. The van der Waals surface area contributed by atoms with E-state index in [4.69, 9.17) is 0 Å². The molecule has 0 heterocycles. The van der Waals surface area contributed by atoms with Crippen LogP contribution >= 0.6 is 15.9 Å². The summed E-state index contributed by atoms with van der Waals surface area (Å²) in [6.07, 6.45) is 2.21. The molecule has 1 rings (SSSR count). The van der Waals surface area contributed by atoms with Crippen molar-refractivity contribution in [1.29, 1.82) is 0 Å². The highest BCUT2D eigenvalue weighted by molar-refractivity contribution is 9.10. The first-order valence-electron chi connectivity index (χ1n) is 4.53. The Morgan fingerprint density at radius 1 is 1.50 bits per heavy atom. The van der Waals surface area contributed by atoms with Gasteiger partial charge in [-0.3, -0.25) is 0 Å². The highest BCUT2D eigenvalue weighted by Crippen LogP contribution is 2.19. The number of hydrogen-bond donors (Lipinski definition) is 0. The van der Waals surface area contributed by atoms with Crippen molar-refractivity contribution >= 4 is 21.7 Å². The molecule has 1 aromatic carbocycles. The lowest BCUT2D eigenvalue weighted by atomic mass is 10.1. The molecule has 0 saturated carbocycles. The van der Waals surface area contributed by atoms with E-state index in [9.17, 15) is 9.18 Å². The fourth-order valence-corrected chi connectivity index (χ4v) is 1.80. The molecular weight excluding hydrogens is 247 g/mol. The van der Waals surface area contributed by atoms with Crippen molar-refractivity contribution in [1.82, 2.24) is 0 Å². The number of carbonyl (C=O) groups excluding carboxylic acids is 1. The normalized spacial score (nSPS) is 10.2. The van der Waals surface area contributed by atoms with Gasteiger partial charge in [-0.05, 0) is 37.5 Å². The van der Waals surface area contributed by atoms with Crippen LogP contribution in [0, 0.1) is 5.82 Å².